The molecule has 1 aromatic rings. The minimum atomic E-state index is -0.543. The number of pyridine rings is 1. The molecular formula is C12H15FN2O. The lowest BCUT2D eigenvalue weighted by Gasteiger charge is -2.40. The predicted octanol–water partition coefficient (Wildman–Crippen LogP) is 1.92. The molecule has 1 saturated carbocycles. The van der Waals surface area contributed by atoms with Gasteiger partial charge in [-0.05, 0) is 30.9 Å². The molecule has 1 heterocycles. The maximum Gasteiger partial charge on any atom is 0.166 e. The number of hydrogen-bond acceptors (Lipinski definition) is 3. The number of ketones is 1. The SMILES string of the molecule is NCC1(CC(=O)c2ccncc2F)CCC1. The monoisotopic (exact) mass is 222 g/mol. The molecule has 0 amide bonds. The molecule has 2 rings (SSSR count). The average Bonchev–Trinajstić information content (AvgIpc) is 2.24. The third-order valence-electron chi connectivity index (χ3n) is 3.46. The van der Waals surface area contributed by atoms with E-state index in [2.05, 4.69) is 4.98 Å². The molecule has 3 nitrogen and oxygen atoms in total. The van der Waals surface area contributed by atoms with Gasteiger partial charge in [0.15, 0.2) is 11.6 Å². The van der Waals surface area contributed by atoms with Crippen LogP contribution in [0.15, 0.2) is 18.5 Å². The highest BCUT2D eigenvalue weighted by Gasteiger charge is 2.37. The fraction of sp³-hybridized carbons (Fsp3) is 0.500. The highest BCUT2D eigenvalue weighted by atomic mass is 19.1. The smallest absolute Gasteiger partial charge is 0.166 e. The van der Waals surface area contributed by atoms with Crippen molar-refractivity contribution in [3.8, 4) is 0 Å². The first-order valence-electron chi connectivity index (χ1n) is 5.50. The van der Waals surface area contributed by atoms with Gasteiger partial charge >= 0.3 is 0 Å². The van der Waals surface area contributed by atoms with Crippen molar-refractivity contribution in [3.05, 3.63) is 29.8 Å². The minimum absolute atomic E-state index is 0.0766. The van der Waals surface area contributed by atoms with Crippen LogP contribution in [-0.2, 0) is 0 Å². The average molecular weight is 222 g/mol. The largest absolute Gasteiger partial charge is 0.330 e. The highest BCUT2D eigenvalue weighted by Crippen LogP contribution is 2.43. The molecule has 0 aromatic carbocycles. The number of aromatic nitrogens is 1. The third kappa shape index (κ3) is 1.97. The van der Waals surface area contributed by atoms with Crippen molar-refractivity contribution in [2.45, 2.75) is 25.7 Å². The van der Waals surface area contributed by atoms with Crippen LogP contribution < -0.4 is 5.73 Å². The van der Waals surface area contributed by atoms with Crippen LogP contribution in [0.1, 0.15) is 36.0 Å². The molecule has 0 radical (unpaired) electrons. The van der Waals surface area contributed by atoms with Gasteiger partial charge in [0.05, 0.1) is 11.8 Å². The number of nitrogens with zero attached hydrogens (tertiary/aromatic N) is 1. The number of halogens is 1. The molecule has 86 valence electrons. The molecule has 0 unspecified atom stereocenters. The Morgan fingerprint density at radius 2 is 2.31 bits per heavy atom. The van der Waals surface area contributed by atoms with Crippen LogP contribution in [0.3, 0.4) is 0 Å². The normalized spacial score (nSPS) is 17.9. The van der Waals surface area contributed by atoms with E-state index in [1.54, 1.807) is 0 Å². The summed E-state index contributed by atoms with van der Waals surface area (Å²) in [6, 6.07) is 1.43. The maximum absolute atomic E-state index is 13.3. The van der Waals surface area contributed by atoms with Crippen molar-refractivity contribution in [2.24, 2.45) is 11.1 Å². The van der Waals surface area contributed by atoms with Crippen LogP contribution in [0.2, 0.25) is 0 Å². The summed E-state index contributed by atoms with van der Waals surface area (Å²) in [6.07, 6.45) is 5.92. The van der Waals surface area contributed by atoms with Gasteiger partial charge in [0.25, 0.3) is 0 Å². The van der Waals surface area contributed by atoms with Crippen LogP contribution in [0.5, 0.6) is 0 Å². The van der Waals surface area contributed by atoms with Crippen molar-refractivity contribution in [3.63, 3.8) is 0 Å². The molecule has 0 saturated heterocycles. The molecule has 0 aliphatic heterocycles. The Balaban J connectivity index is 2.11. The first-order chi connectivity index (χ1) is 7.67. The van der Waals surface area contributed by atoms with Crippen LogP contribution in [0.25, 0.3) is 0 Å². The van der Waals surface area contributed by atoms with Crippen LogP contribution in [-0.4, -0.2) is 17.3 Å². The number of nitrogens with two attached hydrogens (primary N) is 1. The lowest BCUT2D eigenvalue weighted by atomic mass is 9.65. The second kappa shape index (κ2) is 4.29. The van der Waals surface area contributed by atoms with Gasteiger partial charge in [0, 0.05) is 12.6 Å². The number of carbonyl (C=O) groups is 1. The summed E-state index contributed by atoms with van der Waals surface area (Å²) in [5, 5.41) is 0. The summed E-state index contributed by atoms with van der Waals surface area (Å²) in [4.78, 5) is 15.5. The van der Waals surface area contributed by atoms with Gasteiger partial charge in [-0.15, -0.1) is 0 Å². The maximum atomic E-state index is 13.3. The second-order valence-corrected chi connectivity index (χ2v) is 4.51. The Bertz CT molecular complexity index is 396. The molecule has 2 N–H and O–H groups in total. The quantitative estimate of drug-likeness (QED) is 0.792. The Morgan fingerprint density at radius 1 is 1.56 bits per heavy atom. The fourth-order valence-corrected chi connectivity index (χ4v) is 2.17. The molecule has 1 aliphatic carbocycles. The topological polar surface area (TPSA) is 56.0 Å². The van der Waals surface area contributed by atoms with E-state index in [4.69, 9.17) is 5.73 Å². The van der Waals surface area contributed by atoms with E-state index >= 15 is 0 Å². The van der Waals surface area contributed by atoms with Gasteiger partial charge < -0.3 is 5.73 Å². The zero-order chi connectivity index (χ0) is 11.6. The lowest BCUT2D eigenvalue weighted by Crippen LogP contribution is -2.39. The zero-order valence-electron chi connectivity index (χ0n) is 9.08. The van der Waals surface area contributed by atoms with Gasteiger partial charge in [-0.2, -0.15) is 0 Å². The van der Waals surface area contributed by atoms with Gasteiger partial charge in [-0.1, -0.05) is 6.42 Å². The van der Waals surface area contributed by atoms with Crippen LogP contribution >= 0.6 is 0 Å². The van der Waals surface area contributed by atoms with E-state index in [1.807, 2.05) is 0 Å². The number of Topliss-reactive ketones (excluding diaryl/α,β-unsaturated/α-hetero) is 1. The number of rotatable bonds is 4. The van der Waals surface area contributed by atoms with E-state index in [0.717, 1.165) is 25.5 Å². The van der Waals surface area contributed by atoms with Crippen molar-refractivity contribution >= 4 is 5.78 Å². The Morgan fingerprint density at radius 3 is 2.81 bits per heavy atom. The Hall–Kier alpha value is -1.29. The third-order valence-corrected chi connectivity index (χ3v) is 3.46. The first-order valence-corrected chi connectivity index (χ1v) is 5.50. The Labute approximate surface area is 93.9 Å². The Kier molecular flexibility index (Phi) is 3.01. The minimum Gasteiger partial charge on any atom is -0.330 e. The highest BCUT2D eigenvalue weighted by molar-refractivity contribution is 5.96. The van der Waals surface area contributed by atoms with Crippen LogP contribution in [0, 0.1) is 11.2 Å². The van der Waals surface area contributed by atoms with E-state index in [1.165, 1.54) is 12.3 Å². The second-order valence-electron chi connectivity index (χ2n) is 4.51. The van der Waals surface area contributed by atoms with Gasteiger partial charge in [0.2, 0.25) is 0 Å². The number of hydrogen-bond donors (Lipinski definition) is 1. The van der Waals surface area contributed by atoms with Gasteiger partial charge in [-0.25, -0.2) is 4.39 Å². The standard InChI is InChI=1S/C12H15FN2O/c13-10-7-15-5-2-9(10)11(16)6-12(8-14)3-1-4-12/h2,5,7H,1,3-4,6,8,14H2. The van der Waals surface area contributed by atoms with E-state index in [9.17, 15) is 9.18 Å². The number of carbonyl (C=O) groups excluding carboxylic acids is 1. The molecule has 4 heteroatoms. The molecular weight excluding hydrogens is 207 g/mol. The summed E-state index contributed by atoms with van der Waals surface area (Å²) in [5.74, 6) is -0.705. The molecule has 1 aromatic heterocycles. The van der Waals surface area contributed by atoms with Crippen LogP contribution in [0.4, 0.5) is 4.39 Å². The summed E-state index contributed by atoms with van der Waals surface area (Å²) in [6.45, 7) is 0.505. The summed E-state index contributed by atoms with van der Waals surface area (Å²) in [7, 11) is 0. The van der Waals surface area contributed by atoms with Crippen molar-refractivity contribution in [1.29, 1.82) is 0 Å². The molecule has 0 bridgehead atoms. The van der Waals surface area contributed by atoms with E-state index < -0.39 is 5.82 Å². The van der Waals surface area contributed by atoms with E-state index in [-0.39, 0.29) is 16.8 Å². The molecule has 1 fully saturated rings. The zero-order valence-corrected chi connectivity index (χ0v) is 9.08. The molecule has 0 atom stereocenters. The van der Waals surface area contributed by atoms with Crippen molar-refractivity contribution in [2.75, 3.05) is 6.54 Å². The van der Waals surface area contributed by atoms with Gasteiger partial charge in [0.1, 0.15) is 0 Å². The van der Waals surface area contributed by atoms with Crippen molar-refractivity contribution < 1.29 is 9.18 Å². The van der Waals surface area contributed by atoms with Gasteiger partial charge in [-0.3, -0.25) is 9.78 Å². The summed E-state index contributed by atoms with van der Waals surface area (Å²) in [5.41, 5.74) is 5.73. The fourth-order valence-electron chi connectivity index (χ4n) is 2.17. The molecule has 16 heavy (non-hydrogen) atoms. The summed E-state index contributed by atoms with van der Waals surface area (Å²) < 4.78 is 13.3. The molecule has 1 aliphatic rings. The first kappa shape index (κ1) is 11.2. The van der Waals surface area contributed by atoms with E-state index in [0.29, 0.717) is 13.0 Å². The summed E-state index contributed by atoms with van der Waals surface area (Å²) >= 11 is 0. The lowest BCUT2D eigenvalue weighted by molar-refractivity contribution is 0.0782. The molecule has 0 spiro atoms. The predicted molar refractivity (Wildman–Crippen MR) is 58.5 cm³/mol. The van der Waals surface area contributed by atoms with Crippen molar-refractivity contribution in [1.82, 2.24) is 4.98 Å².